The number of benzene rings is 2. The van der Waals surface area contributed by atoms with Gasteiger partial charge in [-0.2, -0.15) is 0 Å². The molecule has 3 nitrogen and oxygen atoms in total. The van der Waals surface area contributed by atoms with Gasteiger partial charge in [-0.05, 0) is 0 Å². The molecule has 0 aliphatic carbocycles. The van der Waals surface area contributed by atoms with Crippen molar-refractivity contribution in [2.75, 3.05) is 13.1 Å². The molecule has 0 aliphatic heterocycles. The Hall–Kier alpha value is -0.451. The average molecular weight is 479 g/mol. The second-order valence-corrected chi connectivity index (χ2v) is 13.0. The maximum absolute atomic E-state index is 6.53. The van der Waals surface area contributed by atoms with Crippen molar-refractivity contribution in [1.29, 1.82) is 0 Å². The molecule has 0 spiro atoms. The van der Waals surface area contributed by atoms with Gasteiger partial charge in [-0.15, -0.1) is 0 Å². The van der Waals surface area contributed by atoms with Gasteiger partial charge < -0.3 is 0 Å². The molecule has 0 aliphatic rings. The molecule has 2 atom stereocenters. The van der Waals surface area contributed by atoms with Crippen LogP contribution in [0.25, 0.3) is 0 Å². The number of rotatable bonds is 7. The van der Waals surface area contributed by atoms with Crippen LogP contribution < -0.4 is 11.5 Å². The van der Waals surface area contributed by atoms with Crippen molar-refractivity contribution < 1.29 is 14.7 Å². The van der Waals surface area contributed by atoms with Crippen molar-refractivity contribution in [2.24, 2.45) is 11.5 Å². The monoisotopic (exact) mass is 477 g/mol. The first-order valence-electron chi connectivity index (χ1n) is 8.64. The summed E-state index contributed by atoms with van der Waals surface area (Å²) in [5.74, 6) is 0. The average Bonchev–Trinajstić information content (AvgIpc) is 2.53. The molecular weight excluding hydrogens is 451 g/mol. The Morgan fingerprint density at radius 1 is 0.769 bits per heavy atom. The van der Waals surface area contributed by atoms with Gasteiger partial charge in [-0.25, -0.2) is 0 Å². The van der Waals surface area contributed by atoms with E-state index in [-0.39, 0.29) is 12.1 Å². The van der Waals surface area contributed by atoms with Crippen LogP contribution in [0.5, 0.6) is 0 Å². The van der Waals surface area contributed by atoms with E-state index in [4.69, 9.17) is 30.6 Å². The van der Waals surface area contributed by atoms with E-state index in [1.165, 1.54) is 33.4 Å². The predicted molar refractivity (Wildman–Crippen MR) is 109 cm³/mol. The summed E-state index contributed by atoms with van der Waals surface area (Å²) in [7, 11) is 12.8. The molecule has 0 saturated carbocycles. The molecule has 4 N–H and O–H groups in total. The fraction of sp³-hybridized carbons (Fsp3) is 0.400. The molecule has 6 heteroatoms. The summed E-state index contributed by atoms with van der Waals surface area (Å²) in [6.45, 7) is 9.59. The third-order valence-corrected chi connectivity index (χ3v) is 8.50. The van der Waals surface area contributed by atoms with Crippen molar-refractivity contribution in [3.05, 3.63) is 69.8 Å². The fourth-order valence-electron chi connectivity index (χ4n) is 3.61. The van der Waals surface area contributed by atoms with E-state index in [2.05, 4.69) is 67.7 Å². The Bertz CT molecular complexity index is 652. The van der Waals surface area contributed by atoms with E-state index in [9.17, 15) is 0 Å². The van der Waals surface area contributed by atoms with Crippen LogP contribution in [0.2, 0.25) is 0 Å². The van der Waals surface area contributed by atoms with Crippen molar-refractivity contribution in [3.63, 3.8) is 0 Å². The Morgan fingerprint density at radius 3 is 1.35 bits per heavy atom. The first-order chi connectivity index (χ1) is 12.2. The first-order valence-corrected chi connectivity index (χ1v) is 14.3. The molecule has 144 valence electrons. The van der Waals surface area contributed by atoms with Crippen LogP contribution in [0.4, 0.5) is 0 Å². The van der Waals surface area contributed by atoms with Gasteiger partial charge in [0.25, 0.3) is 0 Å². The van der Waals surface area contributed by atoms with Gasteiger partial charge in [0.1, 0.15) is 0 Å². The normalized spacial score (nSPS) is 14.4. The molecule has 2 rings (SSSR count). The Labute approximate surface area is 171 Å². The van der Waals surface area contributed by atoms with Crippen LogP contribution in [-0.2, 0) is 14.7 Å². The van der Waals surface area contributed by atoms with Crippen LogP contribution >= 0.6 is 19.2 Å². The number of nitrogens with two attached hydrogens (primary N) is 2. The molecule has 2 unspecified atom stereocenters. The summed E-state index contributed by atoms with van der Waals surface area (Å²) in [5, 5.41) is 0. The van der Waals surface area contributed by atoms with E-state index >= 15 is 0 Å². The van der Waals surface area contributed by atoms with E-state index in [1.54, 1.807) is 0 Å². The van der Waals surface area contributed by atoms with Gasteiger partial charge in [0.05, 0.1) is 0 Å². The van der Waals surface area contributed by atoms with Crippen LogP contribution in [0, 0.1) is 27.7 Å². The minimum atomic E-state index is -2.27. The molecule has 26 heavy (non-hydrogen) atoms. The van der Waals surface area contributed by atoms with Gasteiger partial charge in [0.15, 0.2) is 0 Å². The molecule has 2 aromatic carbocycles. The quantitative estimate of drug-likeness (QED) is 0.602. The van der Waals surface area contributed by atoms with Gasteiger partial charge in [0, 0.05) is 0 Å². The third-order valence-electron chi connectivity index (χ3n) is 4.80. The van der Waals surface area contributed by atoms with Crippen molar-refractivity contribution in [2.45, 2.75) is 39.8 Å². The molecule has 0 radical (unpaired) electrons. The van der Waals surface area contributed by atoms with Gasteiger partial charge in [-0.1, -0.05) is 0 Å². The molecule has 0 heterocycles. The zero-order chi connectivity index (χ0) is 19.4. The summed E-state index contributed by atoms with van der Waals surface area (Å²) in [6, 6.07) is 12.2. The van der Waals surface area contributed by atoms with Crippen molar-refractivity contribution >= 4 is 19.2 Å². The fourth-order valence-corrected chi connectivity index (χ4v) is 6.09. The maximum atomic E-state index is 6.53. The van der Waals surface area contributed by atoms with Gasteiger partial charge in [-0.3, -0.25) is 0 Å². The van der Waals surface area contributed by atoms with Crippen molar-refractivity contribution in [3.8, 4) is 0 Å². The minimum absolute atomic E-state index is 0.140. The summed E-state index contributed by atoms with van der Waals surface area (Å²) >= 11 is -2.27. The molecule has 0 fully saturated rings. The van der Waals surface area contributed by atoms with E-state index in [1.807, 2.05) is 0 Å². The molecule has 0 amide bonds. The SMILES string of the molecule is Cc1cccc(C)c1C(N)C[N](CC(N)c1c(C)cccc1C)[Tc]([Cl])[Cl]. The summed E-state index contributed by atoms with van der Waals surface area (Å²) in [4.78, 5) is 0. The van der Waals surface area contributed by atoms with Gasteiger partial charge in [0.2, 0.25) is 0 Å². The summed E-state index contributed by atoms with van der Waals surface area (Å²) in [6.07, 6.45) is 0. The van der Waals surface area contributed by atoms with Crippen LogP contribution in [0.15, 0.2) is 36.4 Å². The second kappa shape index (κ2) is 9.66. The number of halogens is 2. The van der Waals surface area contributed by atoms with E-state index in [0.717, 1.165) is 0 Å². The topological polar surface area (TPSA) is 55.3 Å². The van der Waals surface area contributed by atoms with Crippen LogP contribution in [0.3, 0.4) is 0 Å². The third kappa shape index (κ3) is 5.30. The number of hydrogen-bond donors (Lipinski definition) is 2. The first kappa shape index (κ1) is 21.8. The molecule has 0 aromatic heterocycles. The predicted octanol–water partition coefficient (Wildman–Crippen LogP) is 4.76. The number of aryl methyl sites for hydroxylation is 4. The van der Waals surface area contributed by atoms with Crippen molar-refractivity contribution in [1.82, 2.24) is 3.57 Å². The van der Waals surface area contributed by atoms with Gasteiger partial charge >= 0.3 is 172 Å². The van der Waals surface area contributed by atoms with Crippen LogP contribution in [-0.4, -0.2) is 16.7 Å². The Kier molecular flexibility index (Phi) is 8.11. The standard InChI is InChI=1S/C20H28N3.2ClH.Tc/c1-13-7-5-8-14(2)19(13)17(21)11-23-12-18(22)20-15(3)9-6-10-16(20)4;;;/h5-10,17-18H,11-12,21-22H2,1-4H3;2*1H;/q-1;;;+3/p-2. The zero-order valence-electron chi connectivity index (χ0n) is 15.8. The van der Waals surface area contributed by atoms with E-state index in [0.29, 0.717) is 13.1 Å². The summed E-state index contributed by atoms with van der Waals surface area (Å²) < 4.78 is 2.10. The number of nitrogens with zero attached hydrogens (tertiary/aromatic N) is 1. The molecule has 0 saturated heterocycles. The number of hydrogen-bond acceptors (Lipinski definition) is 3. The molecule has 0 bridgehead atoms. The Balaban J connectivity index is 2.19. The summed E-state index contributed by atoms with van der Waals surface area (Å²) in [5.41, 5.74) is 20.2. The molecule has 2 aromatic rings. The molecular formula is C20H28Cl2N3Tc. The van der Waals surface area contributed by atoms with Crippen LogP contribution in [0.1, 0.15) is 45.5 Å². The van der Waals surface area contributed by atoms with E-state index < -0.39 is 14.7 Å². The zero-order valence-corrected chi connectivity index (χ0v) is 19.1. The Morgan fingerprint density at radius 2 is 1.08 bits per heavy atom. The second-order valence-electron chi connectivity index (χ2n) is 6.83.